The van der Waals surface area contributed by atoms with E-state index in [4.69, 9.17) is 15.6 Å². The molecule has 0 fully saturated rings. The summed E-state index contributed by atoms with van der Waals surface area (Å²) in [5.74, 6) is -1.66. The molecule has 0 aliphatic rings. The van der Waals surface area contributed by atoms with Crippen molar-refractivity contribution >= 4 is 17.8 Å². The second-order valence-corrected chi connectivity index (χ2v) is 9.88. The van der Waals surface area contributed by atoms with Crippen molar-refractivity contribution < 1.29 is 24.2 Å². The first-order valence-electron chi connectivity index (χ1n) is 11.9. The summed E-state index contributed by atoms with van der Waals surface area (Å²) in [5, 5.41) is 11.4. The number of carboxylic acid groups (broad SMARTS) is 1. The standard InChI is InChI=1S/C24H29NO5.C4H11N/c1-3-30-23(29)24(2,15-16-25-21(26)13-14-22(27)28)17-18-9-11-20(12-10-18)19-7-5-4-6-8-19;1-4(2,3)5/h4-12H,3,13-17H2,1-2H3,(H,25,26)(H,27,28);5H2,1-3H3/t24-;/m0./s1. The Morgan fingerprint density at radius 3 is 1.97 bits per heavy atom. The van der Waals surface area contributed by atoms with Crippen molar-refractivity contribution in [3.05, 3.63) is 60.2 Å². The molecule has 0 aliphatic carbocycles. The van der Waals surface area contributed by atoms with Gasteiger partial charge in [0.15, 0.2) is 0 Å². The van der Waals surface area contributed by atoms with Gasteiger partial charge in [0.1, 0.15) is 0 Å². The predicted octanol–water partition coefficient (Wildman–Crippen LogP) is 4.58. The monoisotopic (exact) mass is 484 g/mol. The minimum absolute atomic E-state index is 0. The fraction of sp³-hybridized carbons (Fsp3) is 0.464. The average Bonchev–Trinajstić information content (AvgIpc) is 2.78. The number of carbonyl (C=O) groups is 3. The van der Waals surface area contributed by atoms with Crippen molar-refractivity contribution in [2.75, 3.05) is 13.2 Å². The summed E-state index contributed by atoms with van der Waals surface area (Å²) in [7, 11) is 0. The summed E-state index contributed by atoms with van der Waals surface area (Å²) in [6.07, 6.45) is 0.581. The summed E-state index contributed by atoms with van der Waals surface area (Å²) in [6, 6.07) is 18.1. The topological polar surface area (TPSA) is 119 Å². The van der Waals surface area contributed by atoms with Gasteiger partial charge < -0.3 is 20.9 Å². The number of aliphatic carboxylic acids is 1. The van der Waals surface area contributed by atoms with E-state index in [1.54, 1.807) is 6.92 Å². The fourth-order valence-corrected chi connectivity index (χ4v) is 3.25. The highest BCUT2D eigenvalue weighted by Gasteiger charge is 2.34. The van der Waals surface area contributed by atoms with Gasteiger partial charge in [-0.15, -0.1) is 0 Å². The minimum Gasteiger partial charge on any atom is -0.481 e. The minimum atomic E-state index is -1.01. The molecule has 7 nitrogen and oxygen atoms in total. The molecule has 35 heavy (non-hydrogen) atoms. The molecule has 2 aromatic rings. The van der Waals surface area contributed by atoms with Gasteiger partial charge in [0.05, 0.1) is 18.4 Å². The van der Waals surface area contributed by atoms with Crippen molar-refractivity contribution in [3.8, 4) is 11.1 Å². The number of rotatable bonds is 11. The fourth-order valence-electron chi connectivity index (χ4n) is 3.25. The number of carboxylic acids is 1. The molecule has 0 aromatic heterocycles. The van der Waals surface area contributed by atoms with E-state index in [2.05, 4.69) is 5.32 Å². The van der Waals surface area contributed by atoms with Crippen LogP contribution in [-0.4, -0.2) is 41.6 Å². The van der Waals surface area contributed by atoms with Gasteiger partial charge in [-0.2, -0.15) is 0 Å². The van der Waals surface area contributed by atoms with E-state index in [1.807, 2.05) is 82.3 Å². The molecular formula is C28H40N2O5. The highest BCUT2D eigenvalue weighted by molar-refractivity contribution is 5.81. The van der Waals surface area contributed by atoms with Crippen LogP contribution in [0.3, 0.4) is 0 Å². The van der Waals surface area contributed by atoms with Gasteiger partial charge >= 0.3 is 11.9 Å². The van der Waals surface area contributed by atoms with Crippen LogP contribution in [0.4, 0.5) is 0 Å². The van der Waals surface area contributed by atoms with Gasteiger partial charge in [-0.3, -0.25) is 14.4 Å². The zero-order valence-electron chi connectivity index (χ0n) is 21.6. The summed E-state index contributed by atoms with van der Waals surface area (Å²) < 4.78 is 5.28. The Labute approximate surface area is 209 Å². The van der Waals surface area contributed by atoms with E-state index < -0.39 is 11.4 Å². The largest absolute Gasteiger partial charge is 0.481 e. The predicted molar refractivity (Wildman–Crippen MR) is 139 cm³/mol. The molecule has 0 aliphatic heterocycles. The highest BCUT2D eigenvalue weighted by Crippen LogP contribution is 2.29. The lowest BCUT2D eigenvalue weighted by molar-refractivity contribution is -0.155. The molecule has 192 valence electrons. The van der Waals surface area contributed by atoms with Crippen LogP contribution in [0.2, 0.25) is 0 Å². The molecule has 0 heterocycles. The van der Waals surface area contributed by atoms with Gasteiger partial charge in [0.2, 0.25) is 5.91 Å². The van der Waals surface area contributed by atoms with Gasteiger partial charge in [0, 0.05) is 18.5 Å². The summed E-state index contributed by atoms with van der Waals surface area (Å²) >= 11 is 0. The normalized spacial score (nSPS) is 12.5. The summed E-state index contributed by atoms with van der Waals surface area (Å²) in [6.45, 7) is 10.1. The SMILES string of the molecule is CC(C)(C)N.CCOC(=O)[C@@](C)(CCNC(=O)CCC(=O)O)Cc1ccc(-c2ccccc2)cc1. The molecule has 7 heteroatoms. The molecule has 4 N–H and O–H groups in total. The Bertz CT molecular complexity index is 930. The molecule has 0 saturated carbocycles. The number of amides is 1. The van der Waals surface area contributed by atoms with Crippen LogP contribution in [0.15, 0.2) is 54.6 Å². The number of benzene rings is 2. The molecule has 2 rings (SSSR count). The Balaban J connectivity index is 0.00000111. The van der Waals surface area contributed by atoms with E-state index in [9.17, 15) is 14.4 Å². The second kappa shape index (κ2) is 14.3. The van der Waals surface area contributed by atoms with Gasteiger partial charge in [-0.05, 0) is 64.2 Å². The molecule has 0 bridgehead atoms. The molecule has 0 spiro atoms. The van der Waals surface area contributed by atoms with Gasteiger partial charge in [-0.1, -0.05) is 54.6 Å². The number of hydrogen-bond acceptors (Lipinski definition) is 5. The molecule has 1 amide bonds. The van der Waals surface area contributed by atoms with Crippen LogP contribution >= 0.6 is 0 Å². The zero-order valence-corrected chi connectivity index (χ0v) is 21.6. The van der Waals surface area contributed by atoms with Crippen LogP contribution in [0, 0.1) is 5.41 Å². The molecule has 0 unspecified atom stereocenters. The number of esters is 1. The first-order chi connectivity index (χ1) is 16.3. The quantitative estimate of drug-likeness (QED) is 0.402. The van der Waals surface area contributed by atoms with Crippen LogP contribution in [0.1, 0.15) is 59.4 Å². The van der Waals surface area contributed by atoms with Crippen LogP contribution < -0.4 is 11.1 Å². The first kappa shape index (κ1) is 29.8. The van der Waals surface area contributed by atoms with Crippen molar-refractivity contribution in [1.82, 2.24) is 5.32 Å². The van der Waals surface area contributed by atoms with E-state index in [1.165, 1.54) is 0 Å². The summed E-state index contributed by atoms with van der Waals surface area (Å²) in [4.78, 5) is 35.0. The lowest BCUT2D eigenvalue weighted by atomic mass is 9.80. The molecule has 0 radical (unpaired) electrons. The second-order valence-electron chi connectivity index (χ2n) is 9.88. The molecule has 0 saturated heterocycles. The Morgan fingerprint density at radius 1 is 0.914 bits per heavy atom. The number of nitrogens with two attached hydrogens (primary N) is 1. The smallest absolute Gasteiger partial charge is 0.312 e. The first-order valence-corrected chi connectivity index (χ1v) is 11.9. The van der Waals surface area contributed by atoms with Gasteiger partial charge in [-0.25, -0.2) is 0 Å². The Morgan fingerprint density at radius 2 is 1.46 bits per heavy atom. The van der Waals surface area contributed by atoms with Gasteiger partial charge in [0.25, 0.3) is 0 Å². The van der Waals surface area contributed by atoms with Crippen LogP contribution in [0.25, 0.3) is 11.1 Å². The van der Waals surface area contributed by atoms with E-state index >= 15 is 0 Å². The van der Waals surface area contributed by atoms with Crippen molar-refractivity contribution in [3.63, 3.8) is 0 Å². The average molecular weight is 485 g/mol. The summed E-state index contributed by atoms with van der Waals surface area (Å²) in [5.41, 5.74) is 7.78. The van der Waals surface area contributed by atoms with E-state index in [0.717, 1.165) is 16.7 Å². The maximum atomic E-state index is 12.6. The van der Waals surface area contributed by atoms with Crippen molar-refractivity contribution in [2.24, 2.45) is 11.1 Å². The lowest BCUT2D eigenvalue weighted by Crippen LogP contribution is -2.37. The number of nitrogens with one attached hydrogen (secondary N) is 1. The zero-order chi connectivity index (χ0) is 26.5. The number of carbonyl (C=O) groups excluding carboxylic acids is 2. The maximum absolute atomic E-state index is 12.6. The molecule has 1 atom stereocenters. The van der Waals surface area contributed by atoms with Crippen LogP contribution in [0.5, 0.6) is 0 Å². The maximum Gasteiger partial charge on any atom is 0.312 e. The highest BCUT2D eigenvalue weighted by atomic mass is 16.5. The molecular weight excluding hydrogens is 444 g/mol. The van der Waals surface area contributed by atoms with Crippen LogP contribution in [-0.2, 0) is 25.5 Å². The number of hydrogen-bond donors (Lipinski definition) is 3. The van der Waals surface area contributed by atoms with Crippen molar-refractivity contribution in [1.29, 1.82) is 0 Å². The van der Waals surface area contributed by atoms with E-state index in [0.29, 0.717) is 12.8 Å². The Kier molecular flexibility index (Phi) is 12.2. The third-order valence-electron chi connectivity index (χ3n) is 4.99. The van der Waals surface area contributed by atoms with E-state index in [-0.39, 0.29) is 43.4 Å². The van der Waals surface area contributed by atoms with Crippen molar-refractivity contribution in [2.45, 2.75) is 65.8 Å². The third-order valence-corrected chi connectivity index (χ3v) is 4.99. The third kappa shape index (κ3) is 12.7. The Hall–Kier alpha value is -3.19. The molecule has 2 aromatic carbocycles. The number of ether oxygens (including phenoxy) is 1. The lowest BCUT2D eigenvalue weighted by Gasteiger charge is -2.27.